The molecule has 7 rings (SSSR count). The molecule has 0 atom stereocenters. The third-order valence-corrected chi connectivity index (χ3v) is 7.27. The summed E-state index contributed by atoms with van der Waals surface area (Å²) in [5, 5.41) is 7.52. The molecule has 5 aromatic rings. The van der Waals surface area contributed by atoms with Crippen molar-refractivity contribution in [3.05, 3.63) is 77.3 Å². The first-order chi connectivity index (χ1) is 18.4. The van der Waals surface area contributed by atoms with Crippen molar-refractivity contribution < 1.29 is 18.3 Å². The van der Waals surface area contributed by atoms with Crippen LogP contribution in [0, 0.1) is 5.41 Å². The highest BCUT2D eigenvalue weighted by Gasteiger charge is 2.49. The molecule has 38 heavy (non-hydrogen) atoms. The van der Waals surface area contributed by atoms with Gasteiger partial charge in [0.2, 0.25) is 0 Å². The van der Waals surface area contributed by atoms with E-state index in [1.807, 2.05) is 18.3 Å². The van der Waals surface area contributed by atoms with Crippen molar-refractivity contribution in [2.75, 3.05) is 36.5 Å². The number of benzene rings is 1. The molecule has 12 heteroatoms. The second-order valence-electron chi connectivity index (χ2n) is 9.75. The summed E-state index contributed by atoms with van der Waals surface area (Å²) in [6, 6.07) is 11.4. The third kappa shape index (κ3) is 3.77. The van der Waals surface area contributed by atoms with Crippen molar-refractivity contribution in [1.29, 1.82) is 0 Å². The van der Waals surface area contributed by atoms with Crippen LogP contribution >= 0.6 is 11.6 Å². The number of halogens is 3. The van der Waals surface area contributed by atoms with E-state index in [1.165, 1.54) is 28.9 Å². The zero-order valence-electron chi connectivity index (χ0n) is 19.8. The lowest BCUT2D eigenvalue weighted by molar-refractivity contribution is -0.127. The molecule has 1 N–H and O–H groups in total. The minimum atomic E-state index is -2.80. The Morgan fingerprint density at radius 1 is 1.08 bits per heavy atom. The molecule has 0 bridgehead atoms. The first-order valence-electron chi connectivity index (χ1n) is 11.9. The first kappa shape index (κ1) is 23.1. The van der Waals surface area contributed by atoms with Gasteiger partial charge in [-0.2, -0.15) is 0 Å². The fraction of sp³-hybridized carbons (Fsp3) is 0.231. The van der Waals surface area contributed by atoms with Gasteiger partial charge < -0.3 is 15.0 Å². The summed E-state index contributed by atoms with van der Waals surface area (Å²) < 4.78 is 36.3. The van der Waals surface area contributed by atoms with Gasteiger partial charge >= 0.3 is 0 Å². The number of fused-ring (bicyclic) bond motifs is 2. The number of anilines is 2. The smallest absolute Gasteiger partial charge is 0.274 e. The maximum absolute atomic E-state index is 13.9. The van der Waals surface area contributed by atoms with E-state index in [0.29, 0.717) is 27.7 Å². The Labute approximate surface area is 219 Å². The summed E-state index contributed by atoms with van der Waals surface area (Å²) in [5.41, 5.74) is 2.69. The number of rotatable bonds is 5. The van der Waals surface area contributed by atoms with Crippen molar-refractivity contribution in [2.24, 2.45) is 5.41 Å². The number of alkyl halides is 2. The van der Waals surface area contributed by atoms with Gasteiger partial charge in [-0.25, -0.2) is 23.3 Å². The molecule has 2 saturated heterocycles. The number of carbonyl (C=O) groups excluding carboxylic acids is 1. The fourth-order valence-electron chi connectivity index (χ4n) is 5.00. The van der Waals surface area contributed by atoms with Gasteiger partial charge in [0.15, 0.2) is 11.5 Å². The number of pyridine rings is 2. The van der Waals surface area contributed by atoms with Crippen LogP contribution in [0.25, 0.3) is 22.7 Å². The number of ether oxygens (including phenoxy) is 1. The Bertz CT molecular complexity index is 1720. The fourth-order valence-corrected chi connectivity index (χ4v) is 5.16. The predicted octanol–water partition coefficient (Wildman–Crippen LogP) is 4.72. The summed E-state index contributed by atoms with van der Waals surface area (Å²) in [4.78, 5) is 24.3. The SMILES string of the molecule is O=C(Nc1cc(-c2nc3ccc(Cl)cn3n2)ccc1C(F)F)c1cnc2ccc(N3CC4(COC4)C3)cn12. The number of hydrogen-bond acceptors (Lipinski definition) is 6. The maximum Gasteiger partial charge on any atom is 0.274 e. The molecule has 4 aromatic heterocycles. The Kier molecular flexibility index (Phi) is 5.14. The van der Waals surface area contributed by atoms with E-state index in [2.05, 4.69) is 25.3 Å². The standard InChI is InChI=1S/C26H20ClF2N7O2/c27-16-2-5-22-32-24(33-36(22)9-16)15-1-4-18(23(28)29)19(7-15)31-25(37)20-8-30-21-6-3-17(10-35(20)21)34-11-26(12-34)13-38-14-26/h1-10,23H,11-14H2,(H,31,37). The molecule has 1 aromatic carbocycles. The lowest BCUT2D eigenvalue weighted by Crippen LogP contribution is -2.66. The van der Waals surface area contributed by atoms with E-state index in [1.54, 1.807) is 22.7 Å². The molecule has 2 aliphatic rings. The number of hydrogen-bond donors (Lipinski definition) is 1. The van der Waals surface area contributed by atoms with Gasteiger partial charge in [0, 0.05) is 36.6 Å². The topological polar surface area (TPSA) is 89.1 Å². The van der Waals surface area contributed by atoms with Crippen LogP contribution in [0.5, 0.6) is 0 Å². The lowest BCUT2D eigenvalue weighted by Gasteiger charge is -2.55. The van der Waals surface area contributed by atoms with Gasteiger partial charge in [0.05, 0.1) is 41.2 Å². The molecule has 1 amide bonds. The highest BCUT2D eigenvalue weighted by Crippen LogP contribution is 2.40. The summed E-state index contributed by atoms with van der Waals surface area (Å²) >= 11 is 6.03. The number of carbonyl (C=O) groups is 1. The van der Waals surface area contributed by atoms with Crippen molar-refractivity contribution in [3.8, 4) is 11.4 Å². The molecular weight excluding hydrogens is 516 g/mol. The number of nitrogens with one attached hydrogen (secondary N) is 1. The molecule has 2 fully saturated rings. The highest BCUT2D eigenvalue weighted by molar-refractivity contribution is 6.30. The van der Waals surface area contributed by atoms with Crippen LogP contribution in [-0.2, 0) is 4.74 Å². The number of imidazole rings is 1. The van der Waals surface area contributed by atoms with E-state index < -0.39 is 12.3 Å². The average molecular weight is 536 g/mol. The number of nitrogens with zero attached hydrogens (tertiary/aromatic N) is 6. The molecule has 192 valence electrons. The van der Waals surface area contributed by atoms with Gasteiger partial charge in [-0.15, -0.1) is 5.10 Å². The van der Waals surface area contributed by atoms with Crippen LogP contribution in [0.15, 0.2) is 61.1 Å². The van der Waals surface area contributed by atoms with Gasteiger partial charge in [0.25, 0.3) is 12.3 Å². The average Bonchev–Trinajstić information content (AvgIpc) is 3.46. The molecule has 2 aliphatic heterocycles. The zero-order valence-corrected chi connectivity index (χ0v) is 20.6. The molecule has 6 heterocycles. The molecule has 0 unspecified atom stereocenters. The second kappa shape index (κ2) is 8.47. The van der Waals surface area contributed by atoms with Crippen LogP contribution < -0.4 is 10.2 Å². The number of amides is 1. The lowest BCUT2D eigenvalue weighted by atomic mass is 9.78. The first-order valence-corrected chi connectivity index (χ1v) is 12.3. The van der Waals surface area contributed by atoms with Gasteiger partial charge in [-0.05, 0) is 30.3 Å². The summed E-state index contributed by atoms with van der Waals surface area (Å²) in [7, 11) is 0. The largest absolute Gasteiger partial charge is 0.380 e. The quantitative estimate of drug-likeness (QED) is 0.350. The summed E-state index contributed by atoms with van der Waals surface area (Å²) in [6.07, 6.45) is 2.09. The van der Waals surface area contributed by atoms with E-state index in [0.717, 1.165) is 32.0 Å². The predicted molar refractivity (Wildman–Crippen MR) is 137 cm³/mol. The minimum Gasteiger partial charge on any atom is -0.380 e. The maximum atomic E-state index is 13.9. The Balaban J connectivity index is 1.20. The van der Waals surface area contributed by atoms with E-state index >= 15 is 0 Å². The molecule has 0 radical (unpaired) electrons. The van der Waals surface area contributed by atoms with Crippen molar-refractivity contribution in [2.45, 2.75) is 6.43 Å². The monoisotopic (exact) mass is 535 g/mol. The third-order valence-electron chi connectivity index (χ3n) is 7.05. The molecule has 0 aliphatic carbocycles. The van der Waals surface area contributed by atoms with Crippen LogP contribution in [0.4, 0.5) is 20.2 Å². The molecule has 9 nitrogen and oxygen atoms in total. The molecule has 1 spiro atoms. The normalized spacial score (nSPS) is 16.3. The van der Waals surface area contributed by atoms with Crippen LogP contribution in [0.2, 0.25) is 5.02 Å². The van der Waals surface area contributed by atoms with Gasteiger partial charge in [0.1, 0.15) is 11.3 Å². The Morgan fingerprint density at radius 2 is 1.89 bits per heavy atom. The van der Waals surface area contributed by atoms with Gasteiger partial charge in [-0.3, -0.25) is 9.20 Å². The van der Waals surface area contributed by atoms with Crippen molar-refractivity contribution >= 4 is 40.2 Å². The van der Waals surface area contributed by atoms with Crippen LogP contribution in [0.1, 0.15) is 22.5 Å². The number of aromatic nitrogens is 5. The van der Waals surface area contributed by atoms with E-state index in [9.17, 15) is 13.6 Å². The highest BCUT2D eigenvalue weighted by atomic mass is 35.5. The van der Waals surface area contributed by atoms with Crippen LogP contribution in [0.3, 0.4) is 0 Å². The van der Waals surface area contributed by atoms with E-state index in [4.69, 9.17) is 16.3 Å². The molecule has 0 saturated carbocycles. The summed E-state index contributed by atoms with van der Waals surface area (Å²) in [6.45, 7) is 3.33. The Hall–Kier alpha value is -4.09. The Morgan fingerprint density at radius 3 is 2.66 bits per heavy atom. The van der Waals surface area contributed by atoms with Crippen molar-refractivity contribution in [1.82, 2.24) is 24.0 Å². The van der Waals surface area contributed by atoms with Crippen molar-refractivity contribution in [3.63, 3.8) is 0 Å². The van der Waals surface area contributed by atoms with Gasteiger partial charge in [-0.1, -0.05) is 23.7 Å². The summed E-state index contributed by atoms with van der Waals surface area (Å²) in [5.74, 6) is -0.247. The second-order valence-corrected chi connectivity index (χ2v) is 10.2. The van der Waals surface area contributed by atoms with Crippen LogP contribution in [-0.4, -0.2) is 56.2 Å². The minimum absolute atomic E-state index is 0.0276. The zero-order chi connectivity index (χ0) is 26.0. The molecular formula is C26H20ClF2N7O2. The van der Waals surface area contributed by atoms with E-state index in [-0.39, 0.29) is 22.4 Å².